The van der Waals surface area contributed by atoms with Crippen LogP contribution in [0.1, 0.15) is 47.7 Å². The van der Waals surface area contributed by atoms with Crippen molar-refractivity contribution < 1.29 is 9.53 Å². The summed E-state index contributed by atoms with van der Waals surface area (Å²) in [6, 6.07) is 32.9. The molecule has 0 aromatic heterocycles. The average Bonchev–Trinajstić information content (AvgIpc) is 3.00. The summed E-state index contributed by atoms with van der Waals surface area (Å²) >= 11 is 0. The van der Waals surface area contributed by atoms with Crippen LogP contribution in [0.25, 0.3) is 10.8 Å². The van der Waals surface area contributed by atoms with Gasteiger partial charge in [0.2, 0.25) is 0 Å². The van der Waals surface area contributed by atoms with Crippen molar-refractivity contribution in [3.05, 3.63) is 114 Å². The Hall–Kier alpha value is -3.67. The predicted octanol–water partition coefficient (Wildman–Crippen LogP) is 6.31. The quantitative estimate of drug-likeness (QED) is 0.245. The van der Waals surface area contributed by atoms with Crippen LogP contribution in [0.5, 0.6) is 5.75 Å². The largest absolute Gasteiger partial charge is 0.489 e. The molecule has 5 nitrogen and oxygen atoms in total. The van der Waals surface area contributed by atoms with Crippen LogP contribution in [0.2, 0.25) is 0 Å². The second kappa shape index (κ2) is 13.6. The molecule has 0 radical (unpaired) electrons. The summed E-state index contributed by atoms with van der Waals surface area (Å²) in [4.78, 5) is 18.2. The van der Waals surface area contributed by atoms with E-state index in [-0.39, 0.29) is 11.9 Å². The number of benzene rings is 4. The van der Waals surface area contributed by atoms with Crippen molar-refractivity contribution in [1.82, 2.24) is 9.80 Å². The number of piperazine rings is 1. The SMILES string of the molecule is CCCCC1CN(C(=O)c2cccc3ccccc23)CCN1CC(N)Cc1ccccc1OCc1ccccc1. The molecule has 0 saturated carbocycles. The molecule has 1 amide bonds. The van der Waals surface area contributed by atoms with Crippen molar-refractivity contribution in [2.75, 3.05) is 26.2 Å². The highest BCUT2D eigenvalue weighted by Gasteiger charge is 2.31. The fourth-order valence-corrected chi connectivity index (χ4v) is 5.81. The molecule has 1 fully saturated rings. The first-order valence-electron chi connectivity index (χ1n) is 14.6. The minimum Gasteiger partial charge on any atom is -0.489 e. The minimum atomic E-state index is -0.0223. The van der Waals surface area contributed by atoms with Gasteiger partial charge in [-0.2, -0.15) is 0 Å². The van der Waals surface area contributed by atoms with Crippen LogP contribution in [-0.2, 0) is 13.0 Å². The van der Waals surface area contributed by atoms with Gasteiger partial charge in [-0.05, 0) is 46.9 Å². The zero-order valence-corrected chi connectivity index (χ0v) is 23.5. The van der Waals surface area contributed by atoms with E-state index in [2.05, 4.69) is 53.1 Å². The highest BCUT2D eigenvalue weighted by Crippen LogP contribution is 2.25. The van der Waals surface area contributed by atoms with Gasteiger partial charge in [0.05, 0.1) is 0 Å². The maximum absolute atomic E-state index is 13.7. The molecular formula is C35H41N3O2. The van der Waals surface area contributed by atoms with E-state index in [1.807, 2.05) is 60.7 Å². The first-order valence-corrected chi connectivity index (χ1v) is 14.6. The highest BCUT2D eigenvalue weighted by atomic mass is 16.5. The number of carbonyl (C=O) groups excluding carboxylic acids is 1. The lowest BCUT2D eigenvalue weighted by Crippen LogP contribution is -2.57. The maximum atomic E-state index is 13.7. The van der Waals surface area contributed by atoms with Crippen molar-refractivity contribution in [1.29, 1.82) is 0 Å². The Morgan fingerprint density at radius 1 is 0.925 bits per heavy atom. The van der Waals surface area contributed by atoms with Crippen LogP contribution in [0.3, 0.4) is 0 Å². The molecule has 5 heteroatoms. The molecule has 2 atom stereocenters. The molecule has 4 aromatic carbocycles. The monoisotopic (exact) mass is 535 g/mol. The molecule has 1 saturated heterocycles. The van der Waals surface area contributed by atoms with E-state index in [0.717, 1.165) is 78.5 Å². The topological polar surface area (TPSA) is 58.8 Å². The lowest BCUT2D eigenvalue weighted by molar-refractivity contribution is 0.0443. The Labute approximate surface area is 238 Å². The predicted molar refractivity (Wildman–Crippen MR) is 164 cm³/mol. The van der Waals surface area contributed by atoms with Crippen LogP contribution in [0.15, 0.2) is 97.1 Å². The van der Waals surface area contributed by atoms with Crippen molar-refractivity contribution in [3.8, 4) is 5.75 Å². The number of carbonyl (C=O) groups is 1. The molecule has 2 unspecified atom stereocenters. The van der Waals surface area contributed by atoms with Gasteiger partial charge in [-0.15, -0.1) is 0 Å². The number of hydrogen-bond donors (Lipinski definition) is 1. The summed E-state index contributed by atoms with van der Waals surface area (Å²) in [6.45, 7) is 5.87. The van der Waals surface area contributed by atoms with Crippen LogP contribution in [0.4, 0.5) is 0 Å². The standard InChI is InChI=1S/C35H41N3O2/c1-2-3-17-31-25-38(35(39)33-19-11-16-28-14-7-9-18-32(28)33)22-21-37(31)24-30(36)23-29-15-8-10-20-34(29)40-26-27-12-5-4-6-13-27/h4-16,18-20,30-31H,2-3,17,21-26,36H2,1H3. The number of unbranched alkanes of at least 4 members (excludes halogenated alkanes) is 1. The Morgan fingerprint density at radius 3 is 2.52 bits per heavy atom. The number of para-hydroxylation sites is 1. The Morgan fingerprint density at radius 2 is 1.68 bits per heavy atom. The first-order chi connectivity index (χ1) is 19.6. The lowest BCUT2D eigenvalue weighted by Gasteiger charge is -2.42. The zero-order chi connectivity index (χ0) is 27.7. The number of rotatable bonds is 11. The minimum absolute atomic E-state index is 0.0223. The molecule has 1 aliphatic heterocycles. The summed E-state index contributed by atoms with van der Waals surface area (Å²) in [5.41, 5.74) is 9.86. The zero-order valence-electron chi connectivity index (χ0n) is 23.5. The molecule has 40 heavy (non-hydrogen) atoms. The Balaban J connectivity index is 1.23. The molecule has 0 aliphatic carbocycles. The third-order valence-corrected chi connectivity index (χ3v) is 7.96. The van der Waals surface area contributed by atoms with Crippen LogP contribution >= 0.6 is 0 Å². The molecule has 2 N–H and O–H groups in total. The summed E-state index contributed by atoms with van der Waals surface area (Å²) < 4.78 is 6.19. The number of amides is 1. The van der Waals surface area contributed by atoms with E-state index in [9.17, 15) is 4.79 Å². The van der Waals surface area contributed by atoms with Gasteiger partial charge in [0.25, 0.3) is 5.91 Å². The van der Waals surface area contributed by atoms with Gasteiger partial charge >= 0.3 is 0 Å². The van der Waals surface area contributed by atoms with E-state index < -0.39 is 0 Å². The number of ether oxygens (including phenoxy) is 1. The van der Waals surface area contributed by atoms with Gasteiger partial charge < -0.3 is 15.4 Å². The summed E-state index contributed by atoms with van der Waals surface area (Å²) in [6.07, 6.45) is 4.10. The fourth-order valence-electron chi connectivity index (χ4n) is 5.81. The van der Waals surface area contributed by atoms with E-state index in [1.54, 1.807) is 0 Å². The van der Waals surface area contributed by atoms with Crippen molar-refractivity contribution in [2.24, 2.45) is 5.73 Å². The molecule has 0 spiro atoms. The molecule has 1 aliphatic rings. The van der Waals surface area contributed by atoms with Crippen LogP contribution < -0.4 is 10.5 Å². The van der Waals surface area contributed by atoms with Gasteiger partial charge in [-0.1, -0.05) is 105 Å². The molecule has 0 bridgehead atoms. The van der Waals surface area contributed by atoms with E-state index in [4.69, 9.17) is 10.5 Å². The molecule has 5 rings (SSSR count). The smallest absolute Gasteiger partial charge is 0.254 e. The molecule has 208 valence electrons. The van der Waals surface area contributed by atoms with Gasteiger partial charge in [0.1, 0.15) is 12.4 Å². The first kappa shape index (κ1) is 27.9. The number of nitrogens with zero attached hydrogens (tertiary/aromatic N) is 2. The average molecular weight is 536 g/mol. The van der Waals surface area contributed by atoms with Gasteiger partial charge in [-0.3, -0.25) is 9.69 Å². The molecule has 1 heterocycles. The van der Waals surface area contributed by atoms with Crippen LogP contribution in [0, 0.1) is 0 Å². The van der Waals surface area contributed by atoms with Gasteiger partial charge in [-0.25, -0.2) is 0 Å². The van der Waals surface area contributed by atoms with E-state index in [0.29, 0.717) is 19.2 Å². The van der Waals surface area contributed by atoms with E-state index >= 15 is 0 Å². The second-order valence-corrected chi connectivity index (χ2v) is 10.9. The summed E-state index contributed by atoms with van der Waals surface area (Å²) in [5, 5.41) is 2.13. The number of hydrogen-bond acceptors (Lipinski definition) is 4. The second-order valence-electron chi connectivity index (χ2n) is 10.9. The highest BCUT2D eigenvalue weighted by molar-refractivity contribution is 6.07. The third kappa shape index (κ3) is 6.90. The van der Waals surface area contributed by atoms with Crippen molar-refractivity contribution >= 4 is 16.7 Å². The maximum Gasteiger partial charge on any atom is 0.254 e. The third-order valence-electron chi connectivity index (χ3n) is 7.96. The summed E-state index contributed by atoms with van der Waals surface area (Å²) in [5.74, 6) is 1.03. The molecular weight excluding hydrogens is 494 g/mol. The molecule has 4 aromatic rings. The van der Waals surface area contributed by atoms with Gasteiger partial charge in [0, 0.05) is 43.8 Å². The Bertz CT molecular complexity index is 1380. The fraction of sp³-hybridized carbons (Fsp3) is 0.343. The Kier molecular flexibility index (Phi) is 9.48. The summed E-state index contributed by atoms with van der Waals surface area (Å²) in [7, 11) is 0. The lowest BCUT2D eigenvalue weighted by atomic mass is 9.99. The van der Waals surface area contributed by atoms with E-state index in [1.165, 1.54) is 0 Å². The van der Waals surface area contributed by atoms with Crippen LogP contribution in [-0.4, -0.2) is 54.0 Å². The normalized spacial score (nSPS) is 16.6. The van der Waals surface area contributed by atoms with Crippen molar-refractivity contribution in [3.63, 3.8) is 0 Å². The van der Waals surface area contributed by atoms with Gasteiger partial charge in [0.15, 0.2) is 0 Å². The van der Waals surface area contributed by atoms with Crippen molar-refractivity contribution in [2.45, 2.75) is 51.3 Å². The number of fused-ring (bicyclic) bond motifs is 1. The number of nitrogens with two attached hydrogens (primary N) is 1.